The Labute approximate surface area is 151 Å². The summed E-state index contributed by atoms with van der Waals surface area (Å²) in [7, 11) is 0. The minimum atomic E-state index is -0.0401. The fourth-order valence-corrected chi connectivity index (χ4v) is 6.98. The Hall–Kier alpha value is -1.12. The molecule has 0 heterocycles. The molecule has 0 aromatic heterocycles. The van der Waals surface area contributed by atoms with E-state index < -0.39 is 0 Å². The molecule has 3 saturated carbocycles. The fourth-order valence-electron chi connectivity index (χ4n) is 6.98. The highest BCUT2D eigenvalue weighted by Gasteiger charge is 2.58. The minimum absolute atomic E-state index is 0.0401. The van der Waals surface area contributed by atoms with Crippen LogP contribution in [-0.2, 0) is 14.3 Å². The summed E-state index contributed by atoms with van der Waals surface area (Å²) in [5.41, 5.74) is 1.60. The van der Waals surface area contributed by atoms with Gasteiger partial charge < -0.3 is 4.74 Å². The van der Waals surface area contributed by atoms with E-state index in [1.807, 2.05) is 13.0 Å². The maximum atomic E-state index is 11.9. The second-order valence-corrected chi connectivity index (χ2v) is 9.31. The van der Waals surface area contributed by atoms with Gasteiger partial charge in [-0.2, -0.15) is 0 Å². The Morgan fingerprint density at radius 1 is 1.28 bits per heavy atom. The van der Waals surface area contributed by atoms with Crippen LogP contribution in [0.1, 0.15) is 72.1 Å². The monoisotopic (exact) mass is 344 g/mol. The first-order chi connectivity index (χ1) is 11.9. The van der Waals surface area contributed by atoms with Gasteiger partial charge in [-0.15, -0.1) is 0 Å². The van der Waals surface area contributed by atoms with Crippen molar-refractivity contribution in [2.75, 3.05) is 0 Å². The fraction of sp³-hybridized carbons (Fsp3) is 0.818. The zero-order valence-electron chi connectivity index (χ0n) is 15.9. The standard InChI is InChI=1S/C22H32O3/c1-4-20(24)25-19-8-7-18-21-13(2)11-14-12-15(23)5-6-16(14)17(21)9-10-22(18,19)3/h12-13,16-19,21H,4-11H2,1-3H3/t13-,16+,17-,18+,19+,21-,22+/m1/s1. The van der Waals surface area contributed by atoms with Crippen LogP contribution >= 0.6 is 0 Å². The molecule has 4 aliphatic carbocycles. The molecule has 0 amide bonds. The predicted octanol–water partition coefficient (Wildman–Crippen LogP) is 4.70. The van der Waals surface area contributed by atoms with Crippen LogP contribution in [0.2, 0.25) is 0 Å². The van der Waals surface area contributed by atoms with Crippen molar-refractivity contribution in [1.82, 2.24) is 0 Å². The normalized spacial score (nSPS) is 45.9. The lowest BCUT2D eigenvalue weighted by atomic mass is 9.49. The van der Waals surface area contributed by atoms with E-state index in [1.165, 1.54) is 24.8 Å². The SMILES string of the molecule is CCC(=O)O[C@H]1CC[C@H]2[C@H]3[C@H](CC[C@]12C)[C@H]1CCC(=O)C=C1C[C@H]3C. The molecule has 4 aliphatic rings. The summed E-state index contributed by atoms with van der Waals surface area (Å²) in [6.07, 6.45) is 10.1. The number of hydrogen-bond acceptors (Lipinski definition) is 3. The van der Waals surface area contributed by atoms with E-state index >= 15 is 0 Å². The molecule has 25 heavy (non-hydrogen) atoms. The molecule has 0 bridgehead atoms. The first kappa shape index (κ1) is 17.3. The molecule has 0 saturated heterocycles. The van der Waals surface area contributed by atoms with Gasteiger partial charge in [0.25, 0.3) is 0 Å². The van der Waals surface area contributed by atoms with Gasteiger partial charge in [-0.3, -0.25) is 9.59 Å². The van der Waals surface area contributed by atoms with Gasteiger partial charge in [-0.05, 0) is 74.2 Å². The Kier molecular flexibility index (Phi) is 4.32. The molecule has 0 spiro atoms. The van der Waals surface area contributed by atoms with Crippen LogP contribution in [0.4, 0.5) is 0 Å². The van der Waals surface area contributed by atoms with Crippen LogP contribution in [0.15, 0.2) is 11.6 Å². The average Bonchev–Trinajstić information content (AvgIpc) is 2.90. The Morgan fingerprint density at radius 2 is 2.08 bits per heavy atom. The number of hydrogen-bond donors (Lipinski definition) is 0. The second kappa shape index (κ2) is 6.25. The number of rotatable bonds is 2. The Balaban J connectivity index is 1.59. The Morgan fingerprint density at radius 3 is 2.84 bits per heavy atom. The predicted molar refractivity (Wildman–Crippen MR) is 96.8 cm³/mol. The van der Waals surface area contributed by atoms with E-state index in [9.17, 15) is 9.59 Å². The van der Waals surface area contributed by atoms with E-state index in [1.54, 1.807) is 0 Å². The lowest BCUT2D eigenvalue weighted by molar-refractivity contribution is -0.159. The highest BCUT2D eigenvalue weighted by atomic mass is 16.5. The van der Waals surface area contributed by atoms with E-state index in [-0.39, 0.29) is 17.5 Å². The summed E-state index contributed by atoms with van der Waals surface area (Å²) in [4.78, 5) is 23.8. The van der Waals surface area contributed by atoms with Crippen molar-refractivity contribution in [2.24, 2.45) is 35.0 Å². The van der Waals surface area contributed by atoms with Gasteiger partial charge in [-0.1, -0.05) is 26.3 Å². The zero-order valence-corrected chi connectivity index (χ0v) is 15.9. The maximum Gasteiger partial charge on any atom is 0.305 e. The first-order valence-corrected chi connectivity index (χ1v) is 10.4. The number of allylic oxidation sites excluding steroid dienone is 1. The molecule has 3 heteroatoms. The van der Waals surface area contributed by atoms with Gasteiger partial charge in [0.2, 0.25) is 0 Å². The highest BCUT2D eigenvalue weighted by Crippen LogP contribution is 2.63. The van der Waals surface area contributed by atoms with Crippen molar-refractivity contribution in [2.45, 2.75) is 78.2 Å². The van der Waals surface area contributed by atoms with Crippen molar-refractivity contribution in [3.63, 3.8) is 0 Å². The van der Waals surface area contributed by atoms with E-state index in [0.29, 0.717) is 30.0 Å². The van der Waals surface area contributed by atoms with Crippen LogP contribution < -0.4 is 0 Å². The summed E-state index contributed by atoms with van der Waals surface area (Å²) < 4.78 is 5.87. The van der Waals surface area contributed by atoms with Crippen LogP contribution in [0.3, 0.4) is 0 Å². The lowest BCUT2D eigenvalue weighted by Gasteiger charge is -2.55. The van der Waals surface area contributed by atoms with Gasteiger partial charge in [0.05, 0.1) is 0 Å². The van der Waals surface area contributed by atoms with Crippen molar-refractivity contribution < 1.29 is 14.3 Å². The van der Waals surface area contributed by atoms with Crippen molar-refractivity contribution in [1.29, 1.82) is 0 Å². The van der Waals surface area contributed by atoms with E-state index in [4.69, 9.17) is 4.74 Å². The molecule has 0 N–H and O–H groups in total. The number of esters is 1. The van der Waals surface area contributed by atoms with Crippen molar-refractivity contribution in [3.05, 3.63) is 11.6 Å². The summed E-state index contributed by atoms with van der Waals surface area (Å²) in [6.45, 7) is 6.66. The topological polar surface area (TPSA) is 43.4 Å². The van der Waals surface area contributed by atoms with E-state index in [0.717, 1.165) is 37.5 Å². The maximum absolute atomic E-state index is 11.9. The second-order valence-electron chi connectivity index (χ2n) is 9.31. The third-order valence-electron chi connectivity index (χ3n) is 8.12. The molecule has 7 atom stereocenters. The smallest absolute Gasteiger partial charge is 0.305 e. The third kappa shape index (κ3) is 2.69. The third-order valence-corrected chi connectivity index (χ3v) is 8.12. The molecule has 0 radical (unpaired) electrons. The first-order valence-electron chi connectivity index (χ1n) is 10.4. The van der Waals surface area contributed by atoms with Crippen LogP contribution in [0.5, 0.6) is 0 Å². The molecule has 0 aromatic rings. The summed E-state index contributed by atoms with van der Waals surface area (Å²) in [5.74, 6) is 3.73. The lowest BCUT2D eigenvalue weighted by Crippen LogP contribution is -2.50. The summed E-state index contributed by atoms with van der Waals surface area (Å²) in [5, 5.41) is 0. The molecule has 0 unspecified atom stereocenters. The number of ketones is 1. The van der Waals surface area contributed by atoms with Gasteiger partial charge in [0.15, 0.2) is 5.78 Å². The molecular weight excluding hydrogens is 312 g/mol. The number of carbonyl (C=O) groups excluding carboxylic acids is 2. The summed E-state index contributed by atoms with van der Waals surface area (Å²) in [6, 6.07) is 0. The molecule has 138 valence electrons. The van der Waals surface area contributed by atoms with Crippen LogP contribution in [-0.4, -0.2) is 17.9 Å². The summed E-state index contributed by atoms with van der Waals surface area (Å²) >= 11 is 0. The molecule has 3 nitrogen and oxygen atoms in total. The molecular formula is C22H32O3. The average molecular weight is 344 g/mol. The van der Waals surface area contributed by atoms with Gasteiger partial charge in [0.1, 0.15) is 6.10 Å². The van der Waals surface area contributed by atoms with Crippen molar-refractivity contribution in [3.8, 4) is 0 Å². The van der Waals surface area contributed by atoms with Crippen LogP contribution in [0, 0.1) is 35.0 Å². The molecule has 0 aromatic carbocycles. The van der Waals surface area contributed by atoms with Crippen molar-refractivity contribution >= 4 is 11.8 Å². The largest absolute Gasteiger partial charge is 0.462 e. The van der Waals surface area contributed by atoms with Gasteiger partial charge in [0, 0.05) is 18.3 Å². The Bertz CT molecular complexity index is 606. The van der Waals surface area contributed by atoms with E-state index in [2.05, 4.69) is 13.8 Å². The number of carbonyl (C=O) groups is 2. The molecule has 3 fully saturated rings. The molecule has 4 rings (SSSR count). The van der Waals surface area contributed by atoms with Gasteiger partial charge in [-0.25, -0.2) is 0 Å². The number of fused-ring (bicyclic) bond motifs is 5. The van der Waals surface area contributed by atoms with Crippen LogP contribution in [0.25, 0.3) is 0 Å². The van der Waals surface area contributed by atoms with Gasteiger partial charge >= 0.3 is 5.97 Å². The minimum Gasteiger partial charge on any atom is -0.462 e. The molecule has 0 aliphatic heterocycles. The zero-order chi connectivity index (χ0) is 17.8. The highest BCUT2D eigenvalue weighted by molar-refractivity contribution is 5.91. The quantitative estimate of drug-likeness (QED) is 0.682. The number of ether oxygens (including phenoxy) is 1.